The highest BCUT2D eigenvalue weighted by molar-refractivity contribution is 5.23. The zero-order chi connectivity index (χ0) is 13.8. The fourth-order valence-corrected chi connectivity index (χ4v) is 2.21. The summed E-state index contributed by atoms with van der Waals surface area (Å²) in [5, 5.41) is 11.7. The minimum Gasteiger partial charge on any atom is -0.313 e. The molecular weight excluding hydrogens is 222 g/mol. The summed E-state index contributed by atoms with van der Waals surface area (Å²) in [7, 11) is 2.02. The molecule has 1 rings (SSSR count). The van der Waals surface area contributed by atoms with Crippen molar-refractivity contribution in [2.45, 2.75) is 59.9 Å². The zero-order valence-electron chi connectivity index (χ0n) is 12.7. The van der Waals surface area contributed by atoms with Crippen molar-refractivity contribution in [1.29, 1.82) is 0 Å². The van der Waals surface area contributed by atoms with E-state index in [1.54, 1.807) is 0 Å². The molecule has 0 aliphatic heterocycles. The topological polar surface area (TPSA) is 37.8 Å². The SMILES string of the molecule is CNC(CCCC(C)(C)C)c1cc(C)nnc1C. The summed E-state index contributed by atoms with van der Waals surface area (Å²) < 4.78 is 0. The fraction of sp³-hybridized carbons (Fsp3) is 0.733. The van der Waals surface area contributed by atoms with E-state index in [1.807, 2.05) is 20.9 Å². The molecule has 0 fully saturated rings. The third-order valence-corrected chi connectivity index (χ3v) is 3.28. The number of aromatic nitrogens is 2. The lowest BCUT2D eigenvalue weighted by atomic mass is 9.88. The molecular formula is C15H27N3. The van der Waals surface area contributed by atoms with Gasteiger partial charge in [-0.25, -0.2) is 0 Å². The second kappa shape index (κ2) is 6.28. The predicted octanol–water partition coefficient (Wildman–Crippen LogP) is 3.57. The van der Waals surface area contributed by atoms with E-state index in [1.165, 1.54) is 18.4 Å². The highest BCUT2D eigenvalue weighted by Crippen LogP contribution is 2.26. The van der Waals surface area contributed by atoms with Gasteiger partial charge in [0.15, 0.2) is 0 Å². The van der Waals surface area contributed by atoms with Crippen LogP contribution in [0.4, 0.5) is 0 Å². The molecule has 0 amide bonds. The molecule has 0 saturated carbocycles. The monoisotopic (exact) mass is 249 g/mol. The van der Waals surface area contributed by atoms with Gasteiger partial charge in [-0.1, -0.05) is 27.2 Å². The van der Waals surface area contributed by atoms with Crippen LogP contribution in [0.3, 0.4) is 0 Å². The van der Waals surface area contributed by atoms with Crippen molar-refractivity contribution < 1.29 is 0 Å². The first-order valence-electron chi connectivity index (χ1n) is 6.81. The van der Waals surface area contributed by atoms with Crippen LogP contribution in [-0.4, -0.2) is 17.2 Å². The van der Waals surface area contributed by atoms with Crippen LogP contribution in [0.1, 0.15) is 63.0 Å². The highest BCUT2D eigenvalue weighted by Gasteiger charge is 2.15. The molecule has 1 atom stereocenters. The Morgan fingerprint density at radius 3 is 2.44 bits per heavy atom. The Hall–Kier alpha value is -0.960. The van der Waals surface area contributed by atoms with Gasteiger partial charge in [0.2, 0.25) is 0 Å². The Bertz CT molecular complexity index is 380. The lowest BCUT2D eigenvalue weighted by Crippen LogP contribution is -2.19. The quantitative estimate of drug-likeness (QED) is 0.867. The van der Waals surface area contributed by atoms with Gasteiger partial charge in [-0.3, -0.25) is 0 Å². The van der Waals surface area contributed by atoms with Crippen LogP contribution in [0.5, 0.6) is 0 Å². The largest absolute Gasteiger partial charge is 0.313 e. The van der Waals surface area contributed by atoms with E-state index >= 15 is 0 Å². The first-order chi connectivity index (χ1) is 8.33. The minimum atomic E-state index is 0.390. The molecule has 18 heavy (non-hydrogen) atoms. The Labute approximate surface area is 111 Å². The van der Waals surface area contributed by atoms with Gasteiger partial charge in [-0.2, -0.15) is 10.2 Å². The van der Waals surface area contributed by atoms with Crippen LogP contribution in [0.15, 0.2) is 6.07 Å². The zero-order valence-corrected chi connectivity index (χ0v) is 12.7. The highest BCUT2D eigenvalue weighted by atomic mass is 15.1. The van der Waals surface area contributed by atoms with Gasteiger partial charge in [0.05, 0.1) is 11.4 Å². The summed E-state index contributed by atoms with van der Waals surface area (Å²) in [6.07, 6.45) is 3.64. The average Bonchev–Trinajstić information content (AvgIpc) is 2.27. The molecule has 1 heterocycles. The lowest BCUT2D eigenvalue weighted by molar-refractivity contribution is 0.346. The maximum absolute atomic E-state index is 4.21. The van der Waals surface area contributed by atoms with Gasteiger partial charge in [0.25, 0.3) is 0 Å². The van der Waals surface area contributed by atoms with Crippen LogP contribution in [0.25, 0.3) is 0 Å². The van der Waals surface area contributed by atoms with E-state index in [2.05, 4.69) is 42.4 Å². The Morgan fingerprint density at radius 2 is 1.89 bits per heavy atom. The van der Waals surface area contributed by atoms with Gasteiger partial charge in [0, 0.05) is 6.04 Å². The molecule has 0 aromatic carbocycles. The maximum atomic E-state index is 4.21. The van der Waals surface area contributed by atoms with E-state index in [-0.39, 0.29) is 0 Å². The van der Waals surface area contributed by atoms with E-state index in [9.17, 15) is 0 Å². The average molecular weight is 249 g/mol. The Balaban J connectivity index is 2.68. The summed E-state index contributed by atoms with van der Waals surface area (Å²) in [6, 6.07) is 2.54. The van der Waals surface area contributed by atoms with E-state index in [0.717, 1.165) is 17.8 Å². The Kier molecular flexibility index (Phi) is 5.27. The maximum Gasteiger partial charge on any atom is 0.0648 e. The van der Waals surface area contributed by atoms with Crippen molar-refractivity contribution in [3.8, 4) is 0 Å². The summed E-state index contributed by atoms with van der Waals surface area (Å²) in [5.41, 5.74) is 3.74. The molecule has 3 nitrogen and oxygen atoms in total. The molecule has 0 aliphatic rings. The number of hydrogen-bond donors (Lipinski definition) is 1. The molecule has 0 spiro atoms. The minimum absolute atomic E-state index is 0.390. The van der Waals surface area contributed by atoms with Crippen molar-refractivity contribution in [2.75, 3.05) is 7.05 Å². The van der Waals surface area contributed by atoms with E-state index in [4.69, 9.17) is 0 Å². The molecule has 0 bridgehead atoms. The van der Waals surface area contributed by atoms with Crippen LogP contribution < -0.4 is 5.32 Å². The normalized spacial score (nSPS) is 13.7. The number of rotatable bonds is 5. The van der Waals surface area contributed by atoms with Crippen molar-refractivity contribution in [3.05, 3.63) is 23.0 Å². The van der Waals surface area contributed by atoms with Gasteiger partial charge < -0.3 is 5.32 Å². The second-order valence-electron chi connectivity index (χ2n) is 6.32. The number of aryl methyl sites for hydroxylation is 2. The van der Waals surface area contributed by atoms with Crippen LogP contribution in [0, 0.1) is 19.3 Å². The van der Waals surface area contributed by atoms with Crippen molar-refractivity contribution >= 4 is 0 Å². The standard InChI is InChI=1S/C15H27N3/c1-11-10-13(12(2)18-17-11)14(16-6)8-7-9-15(3,4)5/h10,14,16H,7-9H2,1-6H3. The lowest BCUT2D eigenvalue weighted by Gasteiger charge is -2.22. The van der Waals surface area contributed by atoms with E-state index in [0.29, 0.717) is 11.5 Å². The summed E-state index contributed by atoms with van der Waals surface area (Å²) in [4.78, 5) is 0. The molecule has 0 aliphatic carbocycles. The van der Waals surface area contributed by atoms with Crippen molar-refractivity contribution in [2.24, 2.45) is 5.41 Å². The third-order valence-electron chi connectivity index (χ3n) is 3.28. The Morgan fingerprint density at radius 1 is 1.22 bits per heavy atom. The number of hydrogen-bond acceptors (Lipinski definition) is 3. The molecule has 102 valence electrons. The molecule has 1 aromatic rings. The van der Waals surface area contributed by atoms with Gasteiger partial charge in [0.1, 0.15) is 0 Å². The second-order valence-corrected chi connectivity index (χ2v) is 6.32. The molecule has 0 saturated heterocycles. The third kappa shape index (κ3) is 4.73. The number of nitrogens with one attached hydrogen (secondary N) is 1. The van der Waals surface area contributed by atoms with Gasteiger partial charge in [-0.05, 0) is 50.8 Å². The van der Waals surface area contributed by atoms with Crippen molar-refractivity contribution in [3.63, 3.8) is 0 Å². The smallest absolute Gasteiger partial charge is 0.0648 e. The molecule has 3 heteroatoms. The molecule has 1 N–H and O–H groups in total. The van der Waals surface area contributed by atoms with E-state index < -0.39 is 0 Å². The summed E-state index contributed by atoms with van der Waals surface area (Å²) >= 11 is 0. The number of nitrogens with zero attached hydrogens (tertiary/aromatic N) is 2. The van der Waals surface area contributed by atoms with Crippen molar-refractivity contribution in [1.82, 2.24) is 15.5 Å². The first kappa shape index (κ1) is 15.1. The molecule has 1 aromatic heterocycles. The summed E-state index contributed by atoms with van der Waals surface area (Å²) in [6.45, 7) is 10.9. The molecule has 0 radical (unpaired) electrons. The fourth-order valence-electron chi connectivity index (χ4n) is 2.21. The first-order valence-corrected chi connectivity index (χ1v) is 6.81. The van der Waals surface area contributed by atoms with Crippen LogP contribution in [0.2, 0.25) is 0 Å². The summed E-state index contributed by atoms with van der Waals surface area (Å²) in [5.74, 6) is 0. The predicted molar refractivity (Wildman–Crippen MR) is 76.6 cm³/mol. The van der Waals surface area contributed by atoms with Crippen LogP contribution in [-0.2, 0) is 0 Å². The van der Waals surface area contributed by atoms with Crippen LogP contribution >= 0.6 is 0 Å². The molecule has 1 unspecified atom stereocenters. The van der Waals surface area contributed by atoms with Gasteiger partial charge >= 0.3 is 0 Å². The van der Waals surface area contributed by atoms with Gasteiger partial charge in [-0.15, -0.1) is 0 Å².